The first-order valence-electron chi connectivity index (χ1n) is 8.63. The Bertz CT molecular complexity index is 406. The molecule has 0 aliphatic carbocycles. The maximum absolute atomic E-state index is 13.2. The van der Waals surface area contributed by atoms with E-state index in [9.17, 15) is 18.4 Å². The SMILES string of the molecule is CCC(CCC(=O)C(C(CC)C(N)=O)N1CCC1)CC(C)(F)F. The molecule has 4 nitrogen and oxygen atoms in total. The Balaban J connectivity index is 2.68. The number of carbonyl (C=O) groups excluding carboxylic acids is 2. The molecule has 3 unspecified atom stereocenters. The summed E-state index contributed by atoms with van der Waals surface area (Å²) in [5.41, 5.74) is 5.45. The topological polar surface area (TPSA) is 63.4 Å². The van der Waals surface area contributed by atoms with E-state index < -0.39 is 23.8 Å². The van der Waals surface area contributed by atoms with Gasteiger partial charge in [0, 0.05) is 25.9 Å². The minimum Gasteiger partial charge on any atom is -0.369 e. The molecule has 0 aromatic rings. The zero-order chi connectivity index (χ0) is 17.6. The third-order valence-corrected chi connectivity index (χ3v) is 4.82. The van der Waals surface area contributed by atoms with Crippen molar-refractivity contribution in [2.24, 2.45) is 17.6 Å². The molecule has 1 heterocycles. The fourth-order valence-corrected chi connectivity index (χ4v) is 3.33. The molecule has 0 spiro atoms. The molecule has 1 aliphatic heterocycles. The van der Waals surface area contributed by atoms with E-state index in [0.717, 1.165) is 26.4 Å². The van der Waals surface area contributed by atoms with E-state index in [1.165, 1.54) is 0 Å². The van der Waals surface area contributed by atoms with Gasteiger partial charge in [-0.1, -0.05) is 20.3 Å². The second kappa shape index (κ2) is 8.71. The van der Waals surface area contributed by atoms with Gasteiger partial charge in [0.1, 0.15) is 0 Å². The Morgan fingerprint density at radius 2 is 1.83 bits per heavy atom. The molecule has 1 saturated heterocycles. The lowest BCUT2D eigenvalue weighted by Crippen LogP contribution is -2.55. The van der Waals surface area contributed by atoms with Crippen LogP contribution in [0.3, 0.4) is 0 Å². The zero-order valence-corrected chi connectivity index (χ0v) is 14.5. The summed E-state index contributed by atoms with van der Waals surface area (Å²) in [5.74, 6) is -3.86. The van der Waals surface area contributed by atoms with Crippen LogP contribution in [-0.4, -0.2) is 41.6 Å². The summed E-state index contributed by atoms with van der Waals surface area (Å²) >= 11 is 0. The average molecular weight is 332 g/mol. The van der Waals surface area contributed by atoms with Gasteiger partial charge in [0.2, 0.25) is 11.8 Å². The Kier molecular flexibility index (Phi) is 7.58. The van der Waals surface area contributed by atoms with E-state index in [4.69, 9.17) is 5.73 Å². The van der Waals surface area contributed by atoms with Gasteiger partial charge in [-0.2, -0.15) is 0 Å². The van der Waals surface area contributed by atoms with Crippen LogP contribution in [0, 0.1) is 11.8 Å². The van der Waals surface area contributed by atoms with Crippen LogP contribution in [0.5, 0.6) is 0 Å². The summed E-state index contributed by atoms with van der Waals surface area (Å²) in [5, 5.41) is 0. The van der Waals surface area contributed by atoms with Crippen molar-refractivity contribution < 1.29 is 18.4 Å². The van der Waals surface area contributed by atoms with Crippen LogP contribution < -0.4 is 5.73 Å². The number of halogens is 2. The van der Waals surface area contributed by atoms with Crippen LogP contribution in [0.25, 0.3) is 0 Å². The van der Waals surface area contributed by atoms with Gasteiger partial charge in [-0.25, -0.2) is 8.78 Å². The number of alkyl halides is 2. The number of ketones is 1. The first-order valence-corrected chi connectivity index (χ1v) is 8.63. The lowest BCUT2D eigenvalue weighted by molar-refractivity contribution is -0.136. The van der Waals surface area contributed by atoms with Crippen LogP contribution >= 0.6 is 0 Å². The predicted molar refractivity (Wildman–Crippen MR) is 86.2 cm³/mol. The Labute approximate surface area is 137 Å². The average Bonchev–Trinajstić information content (AvgIpc) is 2.39. The molecule has 23 heavy (non-hydrogen) atoms. The van der Waals surface area contributed by atoms with Crippen molar-refractivity contribution in [1.82, 2.24) is 4.90 Å². The summed E-state index contributed by atoms with van der Waals surface area (Å²) in [6, 6.07) is -0.481. The fourth-order valence-electron chi connectivity index (χ4n) is 3.33. The minimum atomic E-state index is -2.71. The van der Waals surface area contributed by atoms with Gasteiger partial charge in [-0.05, 0) is 32.1 Å². The third kappa shape index (κ3) is 6.16. The van der Waals surface area contributed by atoms with Gasteiger partial charge in [0.25, 0.3) is 0 Å². The summed E-state index contributed by atoms with van der Waals surface area (Å²) in [4.78, 5) is 26.3. The molecule has 0 aromatic carbocycles. The number of hydrogen-bond acceptors (Lipinski definition) is 3. The van der Waals surface area contributed by atoms with Crippen molar-refractivity contribution in [1.29, 1.82) is 0 Å². The summed E-state index contributed by atoms with van der Waals surface area (Å²) in [6.07, 6.45) is 2.64. The van der Waals surface area contributed by atoms with Crippen molar-refractivity contribution in [3.63, 3.8) is 0 Å². The molecule has 1 fully saturated rings. The number of primary amides is 1. The summed E-state index contributed by atoms with van der Waals surface area (Å²) in [7, 11) is 0. The maximum Gasteiger partial charge on any atom is 0.245 e. The Morgan fingerprint density at radius 3 is 2.17 bits per heavy atom. The van der Waals surface area contributed by atoms with E-state index in [1.54, 1.807) is 0 Å². The highest BCUT2D eigenvalue weighted by Gasteiger charge is 2.38. The number of likely N-dealkylation sites (tertiary alicyclic amines) is 1. The number of amides is 1. The van der Waals surface area contributed by atoms with Gasteiger partial charge in [0.15, 0.2) is 5.78 Å². The molecular formula is C17H30F2N2O2. The van der Waals surface area contributed by atoms with Gasteiger partial charge >= 0.3 is 0 Å². The minimum absolute atomic E-state index is 0.0341. The molecular weight excluding hydrogens is 302 g/mol. The lowest BCUT2D eigenvalue weighted by atomic mass is 9.85. The van der Waals surface area contributed by atoms with Gasteiger partial charge in [-0.15, -0.1) is 0 Å². The lowest BCUT2D eigenvalue weighted by Gasteiger charge is -2.40. The maximum atomic E-state index is 13.2. The smallest absolute Gasteiger partial charge is 0.245 e. The number of hydrogen-bond donors (Lipinski definition) is 1. The van der Waals surface area contributed by atoms with Crippen LogP contribution in [0.2, 0.25) is 0 Å². The van der Waals surface area contributed by atoms with E-state index in [1.807, 2.05) is 18.7 Å². The molecule has 1 rings (SSSR count). The van der Waals surface area contributed by atoms with Gasteiger partial charge in [-0.3, -0.25) is 14.5 Å². The quantitative estimate of drug-likeness (QED) is 0.632. The van der Waals surface area contributed by atoms with Gasteiger partial charge in [0.05, 0.1) is 12.0 Å². The number of Topliss-reactive ketones (excluding diaryl/α,β-unsaturated/α-hetero) is 1. The van der Waals surface area contributed by atoms with Crippen molar-refractivity contribution >= 4 is 11.7 Å². The monoisotopic (exact) mass is 332 g/mol. The standard InChI is InChI=1S/C17H30F2N2O2/c1-4-12(11-17(3,18)19)7-8-14(22)15(21-9-6-10-21)13(5-2)16(20)23/h12-13,15H,4-11H2,1-3H3,(H2,20,23). The third-order valence-electron chi connectivity index (χ3n) is 4.82. The van der Waals surface area contributed by atoms with Crippen molar-refractivity contribution in [3.8, 4) is 0 Å². The number of nitrogens with two attached hydrogens (primary N) is 1. The number of rotatable bonds is 11. The zero-order valence-electron chi connectivity index (χ0n) is 14.5. The molecule has 3 atom stereocenters. The summed E-state index contributed by atoms with van der Waals surface area (Å²) < 4.78 is 26.3. The van der Waals surface area contributed by atoms with E-state index in [-0.39, 0.29) is 24.5 Å². The second-order valence-corrected chi connectivity index (χ2v) is 6.81. The predicted octanol–water partition coefficient (Wildman–Crippen LogP) is 2.99. The van der Waals surface area contributed by atoms with Crippen molar-refractivity contribution in [2.75, 3.05) is 13.1 Å². The number of nitrogens with zero attached hydrogens (tertiary/aromatic N) is 1. The Morgan fingerprint density at radius 1 is 1.22 bits per heavy atom. The first kappa shape index (κ1) is 20.0. The van der Waals surface area contributed by atoms with Crippen LogP contribution in [0.15, 0.2) is 0 Å². The van der Waals surface area contributed by atoms with E-state index >= 15 is 0 Å². The largest absolute Gasteiger partial charge is 0.369 e. The highest BCUT2D eigenvalue weighted by Crippen LogP contribution is 2.29. The van der Waals surface area contributed by atoms with Gasteiger partial charge < -0.3 is 5.73 Å². The Hall–Kier alpha value is -1.04. The van der Waals surface area contributed by atoms with Crippen molar-refractivity contribution in [3.05, 3.63) is 0 Å². The molecule has 1 aliphatic rings. The van der Waals surface area contributed by atoms with Crippen LogP contribution in [0.1, 0.15) is 59.3 Å². The van der Waals surface area contributed by atoms with Crippen LogP contribution in [0.4, 0.5) is 8.78 Å². The number of carbonyl (C=O) groups is 2. The highest BCUT2D eigenvalue weighted by molar-refractivity contribution is 5.90. The normalized spacial score (nSPS) is 19.7. The highest BCUT2D eigenvalue weighted by atomic mass is 19.3. The molecule has 0 aromatic heterocycles. The molecule has 0 saturated carbocycles. The molecule has 2 N–H and O–H groups in total. The first-order chi connectivity index (χ1) is 10.7. The van der Waals surface area contributed by atoms with Crippen molar-refractivity contribution in [2.45, 2.75) is 71.3 Å². The van der Waals surface area contributed by atoms with Crippen LogP contribution in [-0.2, 0) is 9.59 Å². The molecule has 134 valence electrons. The molecule has 6 heteroatoms. The fraction of sp³-hybridized carbons (Fsp3) is 0.882. The second-order valence-electron chi connectivity index (χ2n) is 6.81. The summed E-state index contributed by atoms with van der Waals surface area (Å²) in [6.45, 7) is 6.23. The van der Waals surface area contributed by atoms with E-state index in [2.05, 4.69) is 0 Å². The molecule has 0 bridgehead atoms. The molecule has 1 amide bonds. The molecule has 0 radical (unpaired) electrons. The van der Waals surface area contributed by atoms with E-state index in [0.29, 0.717) is 19.3 Å².